The van der Waals surface area contributed by atoms with Crippen LogP contribution >= 0.6 is 0 Å². The third kappa shape index (κ3) is 2.72. The van der Waals surface area contributed by atoms with Crippen molar-refractivity contribution in [2.24, 2.45) is 0 Å². The maximum atomic E-state index is 3.58. The van der Waals surface area contributed by atoms with E-state index in [0.717, 1.165) is 19.6 Å². The van der Waals surface area contributed by atoms with E-state index in [4.69, 9.17) is 0 Å². The average Bonchev–Trinajstić information content (AvgIpc) is 2.31. The summed E-state index contributed by atoms with van der Waals surface area (Å²) in [5.41, 5.74) is 1.36. The number of benzene rings is 1. The molecule has 0 aromatic heterocycles. The van der Waals surface area contributed by atoms with Crippen LogP contribution in [0.3, 0.4) is 0 Å². The normalized spacial score (nSPS) is 21.7. The van der Waals surface area contributed by atoms with E-state index in [1.54, 1.807) is 0 Å². The number of nitrogens with zero attached hydrogens (tertiary/aromatic N) is 1. The lowest BCUT2D eigenvalue weighted by Gasteiger charge is -2.35. The fourth-order valence-corrected chi connectivity index (χ4v) is 2.24. The van der Waals surface area contributed by atoms with Gasteiger partial charge >= 0.3 is 0 Å². The third-order valence-corrected chi connectivity index (χ3v) is 3.01. The predicted octanol–water partition coefficient (Wildman–Crippen LogP) is 2.26. The topological polar surface area (TPSA) is 15.3 Å². The van der Waals surface area contributed by atoms with Gasteiger partial charge < -0.3 is 10.2 Å². The molecule has 0 aliphatic carbocycles. The van der Waals surface area contributed by atoms with E-state index >= 15 is 0 Å². The summed E-state index contributed by atoms with van der Waals surface area (Å²) in [6.07, 6.45) is 2.55. The van der Waals surface area contributed by atoms with Crippen LogP contribution in [0.4, 0.5) is 5.69 Å². The minimum atomic E-state index is 0.670. The first-order chi connectivity index (χ1) is 7.40. The molecule has 0 saturated carbocycles. The highest BCUT2D eigenvalue weighted by molar-refractivity contribution is 5.46. The Bertz CT molecular complexity index is 282. The molecular formula is C13H20N2. The van der Waals surface area contributed by atoms with Crippen molar-refractivity contribution in [2.75, 3.05) is 24.5 Å². The fraction of sp³-hybridized carbons (Fsp3) is 0.538. The summed E-state index contributed by atoms with van der Waals surface area (Å²) in [5, 5.41) is 3.58. The van der Waals surface area contributed by atoms with Crippen molar-refractivity contribution in [3.05, 3.63) is 30.3 Å². The van der Waals surface area contributed by atoms with Crippen LogP contribution in [0.25, 0.3) is 0 Å². The molecule has 2 nitrogen and oxygen atoms in total. The molecule has 0 spiro atoms. The zero-order valence-electron chi connectivity index (χ0n) is 9.45. The van der Waals surface area contributed by atoms with E-state index in [9.17, 15) is 0 Å². The first-order valence-electron chi connectivity index (χ1n) is 5.93. The fourth-order valence-electron chi connectivity index (χ4n) is 2.24. The third-order valence-electron chi connectivity index (χ3n) is 3.01. The van der Waals surface area contributed by atoms with E-state index in [0.29, 0.717) is 6.04 Å². The Morgan fingerprint density at radius 1 is 1.33 bits per heavy atom. The van der Waals surface area contributed by atoms with Gasteiger partial charge in [-0.1, -0.05) is 31.5 Å². The second-order valence-electron chi connectivity index (χ2n) is 4.22. The highest BCUT2D eigenvalue weighted by Crippen LogP contribution is 2.16. The predicted molar refractivity (Wildman–Crippen MR) is 65.4 cm³/mol. The van der Waals surface area contributed by atoms with Gasteiger partial charge in [0.15, 0.2) is 0 Å². The van der Waals surface area contributed by atoms with Gasteiger partial charge in [-0.25, -0.2) is 0 Å². The zero-order chi connectivity index (χ0) is 10.5. The highest BCUT2D eigenvalue weighted by Gasteiger charge is 2.18. The van der Waals surface area contributed by atoms with Crippen LogP contribution < -0.4 is 10.2 Å². The highest BCUT2D eigenvalue weighted by atomic mass is 15.2. The molecule has 15 heavy (non-hydrogen) atoms. The summed E-state index contributed by atoms with van der Waals surface area (Å²) in [5.74, 6) is 0. The van der Waals surface area contributed by atoms with Crippen LogP contribution in [0.15, 0.2) is 30.3 Å². The molecule has 1 aliphatic heterocycles. The average molecular weight is 204 g/mol. The van der Waals surface area contributed by atoms with Crippen molar-refractivity contribution in [1.29, 1.82) is 0 Å². The lowest BCUT2D eigenvalue weighted by molar-refractivity contribution is 0.431. The van der Waals surface area contributed by atoms with Crippen LogP contribution in [0.1, 0.15) is 19.8 Å². The van der Waals surface area contributed by atoms with Crippen LogP contribution in [0.2, 0.25) is 0 Å². The van der Waals surface area contributed by atoms with Gasteiger partial charge in [0.25, 0.3) is 0 Å². The van der Waals surface area contributed by atoms with Gasteiger partial charge in [0.2, 0.25) is 0 Å². The van der Waals surface area contributed by atoms with Gasteiger partial charge in [-0.15, -0.1) is 0 Å². The molecule has 82 valence electrons. The Hall–Kier alpha value is -1.02. The van der Waals surface area contributed by atoms with Crippen molar-refractivity contribution < 1.29 is 0 Å². The van der Waals surface area contributed by atoms with Gasteiger partial charge in [-0.3, -0.25) is 0 Å². The minimum absolute atomic E-state index is 0.670. The number of anilines is 1. The molecule has 1 atom stereocenters. The maximum Gasteiger partial charge on any atom is 0.0367 e. The first-order valence-corrected chi connectivity index (χ1v) is 5.93. The van der Waals surface area contributed by atoms with E-state index in [-0.39, 0.29) is 0 Å². The van der Waals surface area contributed by atoms with E-state index in [1.165, 1.54) is 18.5 Å². The number of nitrogens with one attached hydrogen (secondary N) is 1. The largest absolute Gasteiger partial charge is 0.369 e. The van der Waals surface area contributed by atoms with Crippen LogP contribution in [0.5, 0.6) is 0 Å². The zero-order valence-corrected chi connectivity index (χ0v) is 9.45. The Kier molecular flexibility index (Phi) is 3.62. The smallest absolute Gasteiger partial charge is 0.0367 e. The summed E-state index contributed by atoms with van der Waals surface area (Å²) >= 11 is 0. The quantitative estimate of drug-likeness (QED) is 0.812. The number of piperazine rings is 1. The molecule has 2 rings (SSSR count). The Morgan fingerprint density at radius 2 is 2.13 bits per heavy atom. The Morgan fingerprint density at radius 3 is 2.87 bits per heavy atom. The van der Waals surface area contributed by atoms with Crippen LogP contribution in [-0.2, 0) is 0 Å². The summed E-state index contributed by atoms with van der Waals surface area (Å²) in [6, 6.07) is 11.4. The van der Waals surface area contributed by atoms with Gasteiger partial charge in [0.1, 0.15) is 0 Å². The van der Waals surface area contributed by atoms with E-state index in [1.807, 2.05) is 0 Å². The van der Waals surface area contributed by atoms with Crippen LogP contribution in [-0.4, -0.2) is 25.7 Å². The summed E-state index contributed by atoms with van der Waals surface area (Å²) in [4.78, 5) is 2.48. The molecular weight excluding hydrogens is 184 g/mol. The molecule has 0 radical (unpaired) electrons. The van der Waals surface area contributed by atoms with Crippen molar-refractivity contribution in [3.8, 4) is 0 Å². The molecule has 1 fully saturated rings. The maximum absolute atomic E-state index is 3.58. The minimum Gasteiger partial charge on any atom is -0.369 e. The lowest BCUT2D eigenvalue weighted by atomic mass is 10.1. The van der Waals surface area contributed by atoms with Crippen LogP contribution in [0, 0.1) is 0 Å². The molecule has 0 amide bonds. The number of para-hydroxylation sites is 1. The van der Waals surface area contributed by atoms with Gasteiger partial charge in [0, 0.05) is 31.4 Å². The van der Waals surface area contributed by atoms with Crippen molar-refractivity contribution in [2.45, 2.75) is 25.8 Å². The molecule has 1 unspecified atom stereocenters. The second kappa shape index (κ2) is 5.17. The number of hydrogen-bond donors (Lipinski definition) is 1. The van der Waals surface area contributed by atoms with E-state index < -0.39 is 0 Å². The molecule has 1 aliphatic rings. The monoisotopic (exact) mass is 204 g/mol. The molecule has 1 N–H and O–H groups in total. The van der Waals surface area contributed by atoms with E-state index in [2.05, 4.69) is 47.5 Å². The number of hydrogen-bond acceptors (Lipinski definition) is 2. The Balaban J connectivity index is 1.98. The van der Waals surface area contributed by atoms with Crippen molar-refractivity contribution in [3.63, 3.8) is 0 Å². The van der Waals surface area contributed by atoms with Crippen molar-refractivity contribution in [1.82, 2.24) is 5.32 Å². The van der Waals surface area contributed by atoms with Gasteiger partial charge in [-0.2, -0.15) is 0 Å². The molecule has 1 aromatic rings. The summed E-state index contributed by atoms with van der Waals surface area (Å²) < 4.78 is 0. The molecule has 1 aromatic carbocycles. The lowest BCUT2D eigenvalue weighted by Crippen LogP contribution is -2.50. The summed E-state index contributed by atoms with van der Waals surface area (Å²) in [7, 11) is 0. The SMILES string of the molecule is CCCC1CN(c2ccccc2)CCN1. The standard InChI is InChI=1S/C13H20N2/c1-2-6-12-11-15(10-9-14-12)13-7-4-3-5-8-13/h3-5,7-8,12,14H,2,6,9-11H2,1H3. The molecule has 1 heterocycles. The van der Waals surface area contributed by atoms with Crippen molar-refractivity contribution >= 4 is 5.69 Å². The second-order valence-corrected chi connectivity index (χ2v) is 4.22. The molecule has 0 bridgehead atoms. The number of rotatable bonds is 3. The first kappa shape index (κ1) is 10.5. The van der Waals surface area contributed by atoms with Gasteiger partial charge in [0.05, 0.1) is 0 Å². The molecule has 1 saturated heterocycles. The summed E-state index contributed by atoms with van der Waals surface area (Å²) in [6.45, 7) is 5.64. The molecule has 2 heteroatoms. The van der Waals surface area contributed by atoms with Gasteiger partial charge in [-0.05, 0) is 18.6 Å². The Labute approximate surface area is 92.3 Å².